The molecule has 0 aliphatic rings. The van der Waals surface area contributed by atoms with Crippen molar-refractivity contribution >= 4 is 6.29 Å². The fraction of sp³-hybridized carbons (Fsp3) is 0. The van der Waals surface area contributed by atoms with Gasteiger partial charge >= 0.3 is 0 Å². The van der Waals surface area contributed by atoms with Gasteiger partial charge in [-0.3, -0.25) is 14.9 Å². The molecule has 0 radical (unpaired) electrons. The minimum atomic E-state index is -0.644. The second-order valence-corrected chi connectivity index (χ2v) is 1.77. The van der Waals surface area contributed by atoms with Crippen molar-refractivity contribution in [1.29, 1.82) is 0 Å². The molecule has 58 valence electrons. The Balaban J connectivity index is 4.14. The highest BCUT2D eigenvalue weighted by atomic mass is 16.6. The Morgan fingerprint density at radius 1 is 1.36 bits per heavy atom. The van der Waals surface area contributed by atoms with Gasteiger partial charge in [-0.25, -0.2) is 0 Å². The molecule has 0 aromatic heterocycles. The van der Waals surface area contributed by atoms with Crippen molar-refractivity contribution < 1.29 is 9.72 Å². The Labute approximate surface area is 63.7 Å². The van der Waals surface area contributed by atoms with Gasteiger partial charge in [0.25, 0.3) is 5.70 Å². The van der Waals surface area contributed by atoms with Crippen molar-refractivity contribution in [3.8, 4) is 0 Å². The van der Waals surface area contributed by atoms with Crippen LogP contribution in [0.15, 0.2) is 36.6 Å². The molecule has 0 atom stereocenters. The number of allylic oxidation sites excluding steroid dienone is 3. The first-order chi connectivity index (χ1) is 5.07. The van der Waals surface area contributed by atoms with Crippen LogP contribution in [0.2, 0.25) is 0 Å². The average molecular weight is 153 g/mol. The van der Waals surface area contributed by atoms with Crippen molar-refractivity contribution in [2.75, 3.05) is 0 Å². The van der Waals surface area contributed by atoms with Crippen LogP contribution in [0.1, 0.15) is 0 Å². The summed E-state index contributed by atoms with van der Waals surface area (Å²) in [6, 6.07) is 0. The molecule has 4 nitrogen and oxygen atoms in total. The summed E-state index contributed by atoms with van der Waals surface area (Å²) in [6.07, 6.45) is 2.86. The zero-order valence-electron chi connectivity index (χ0n) is 5.82. The molecule has 0 unspecified atom stereocenters. The number of nitrogens with zero attached hydrogens (tertiary/aromatic N) is 1. The third-order valence-corrected chi connectivity index (χ3v) is 0.876. The van der Waals surface area contributed by atoms with Gasteiger partial charge in [0.2, 0.25) is 0 Å². The molecule has 11 heavy (non-hydrogen) atoms. The van der Waals surface area contributed by atoms with Gasteiger partial charge in [0.1, 0.15) is 6.29 Å². The van der Waals surface area contributed by atoms with Crippen LogP contribution < -0.4 is 0 Å². The van der Waals surface area contributed by atoms with Crippen LogP contribution in [0, 0.1) is 10.1 Å². The minimum Gasteiger partial charge on any atom is -0.298 e. The molecule has 0 amide bonds. The quantitative estimate of drug-likeness (QED) is 0.200. The van der Waals surface area contributed by atoms with Crippen molar-refractivity contribution in [3.05, 3.63) is 46.7 Å². The van der Waals surface area contributed by atoms with E-state index in [4.69, 9.17) is 0 Å². The monoisotopic (exact) mass is 153 g/mol. The molecule has 0 spiro atoms. The molecule has 0 N–H and O–H groups in total. The first-order valence-corrected chi connectivity index (χ1v) is 2.73. The SMILES string of the molecule is C=C(C=O)/C=C\C(=C)[N+](=O)[O-]. The highest BCUT2D eigenvalue weighted by molar-refractivity contribution is 5.76. The summed E-state index contributed by atoms with van der Waals surface area (Å²) in [5, 5.41) is 9.94. The summed E-state index contributed by atoms with van der Waals surface area (Å²) in [7, 11) is 0. The van der Waals surface area contributed by atoms with Crippen molar-refractivity contribution in [2.24, 2.45) is 0 Å². The van der Waals surface area contributed by atoms with Crippen molar-refractivity contribution in [2.45, 2.75) is 0 Å². The molecule has 0 saturated heterocycles. The Morgan fingerprint density at radius 3 is 2.27 bits per heavy atom. The normalized spacial score (nSPS) is 9.45. The highest BCUT2D eigenvalue weighted by Gasteiger charge is 1.98. The lowest BCUT2D eigenvalue weighted by Crippen LogP contribution is -1.92. The second kappa shape index (κ2) is 4.16. The van der Waals surface area contributed by atoms with Gasteiger partial charge in [-0.2, -0.15) is 0 Å². The van der Waals surface area contributed by atoms with Crippen LogP contribution in [0.4, 0.5) is 0 Å². The third kappa shape index (κ3) is 3.80. The fourth-order valence-electron chi connectivity index (χ4n) is 0.303. The van der Waals surface area contributed by atoms with E-state index in [-0.39, 0.29) is 11.3 Å². The van der Waals surface area contributed by atoms with E-state index in [9.17, 15) is 14.9 Å². The number of rotatable bonds is 4. The number of carbonyl (C=O) groups is 1. The Bertz CT molecular complexity index is 240. The number of carbonyl (C=O) groups excluding carboxylic acids is 1. The van der Waals surface area contributed by atoms with Gasteiger partial charge in [-0.05, 0) is 12.7 Å². The lowest BCUT2D eigenvalue weighted by Gasteiger charge is -1.85. The van der Waals surface area contributed by atoms with Gasteiger partial charge in [-0.1, -0.05) is 6.58 Å². The Hall–Kier alpha value is -1.71. The van der Waals surface area contributed by atoms with E-state index in [0.29, 0.717) is 6.29 Å². The Kier molecular flexibility index (Phi) is 3.51. The summed E-state index contributed by atoms with van der Waals surface area (Å²) in [4.78, 5) is 19.2. The molecule has 0 aliphatic carbocycles. The van der Waals surface area contributed by atoms with E-state index in [1.54, 1.807) is 0 Å². The van der Waals surface area contributed by atoms with Gasteiger partial charge in [0.05, 0.1) is 4.92 Å². The fourth-order valence-corrected chi connectivity index (χ4v) is 0.303. The lowest BCUT2D eigenvalue weighted by atomic mass is 10.3. The summed E-state index contributed by atoms with van der Waals surface area (Å²) in [6.45, 7) is 6.40. The van der Waals surface area contributed by atoms with Crippen LogP contribution in [-0.4, -0.2) is 11.2 Å². The van der Waals surface area contributed by atoms with E-state index in [0.717, 1.165) is 6.08 Å². The Morgan fingerprint density at radius 2 is 1.91 bits per heavy atom. The number of hydrogen-bond acceptors (Lipinski definition) is 3. The van der Waals surface area contributed by atoms with E-state index >= 15 is 0 Å². The number of nitro groups is 1. The van der Waals surface area contributed by atoms with Crippen LogP contribution in [-0.2, 0) is 4.79 Å². The van der Waals surface area contributed by atoms with Gasteiger partial charge in [-0.15, -0.1) is 0 Å². The van der Waals surface area contributed by atoms with E-state index in [1.165, 1.54) is 6.08 Å². The summed E-state index contributed by atoms with van der Waals surface area (Å²) >= 11 is 0. The molecule has 0 fully saturated rings. The molecule has 0 saturated carbocycles. The highest BCUT2D eigenvalue weighted by Crippen LogP contribution is 1.95. The molecule has 0 rings (SSSR count). The predicted molar refractivity (Wildman–Crippen MR) is 40.5 cm³/mol. The topological polar surface area (TPSA) is 60.2 Å². The molecular weight excluding hydrogens is 146 g/mol. The maximum Gasteiger partial charge on any atom is 0.262 e. The van der Waals surface area contributed by atoms with E-state index in [2.05, 4.69) is 13.2 Å². The summed E-state index contributed by atoms with van der Waals surface area (Å²) in [5.74, 6) is 0. The molecule has 0 bridgehead atoms. The lowest BCUT2D eigenvalue weighted by molar-refractivity contribution is -0.418. The third-order valence-electron chi connectivity index (χ3n) is 0.876. The van der Waals surface area contributed by atoms with E-state index < -0.39 is 4.92 Å². The summed E-state index contributed by atoms with van der Waals surface area (Å²) < 4.78 is 0. The smallest absolute Gasteiger partial charge is 0.262 e. The number of aldehydes is 1. The van der Waals surface area contributed by atoms with Crippen LogP contribution in [0.25, 0.3) is 0 Å². The van der Waals surface area contributed by atoms with Gasteiger partial charge in [0.15, 0.2) is 0 Å². The van der Waals surface area contributed by atoms with E-state index in [1.807, 2.05) is 0 Å². The zero-order chi connectivity index (χ0) is 8.85. The molecule has 0 aliphatic heterocycles. The van der Waals surface area contributed by atoms with Gasteiger partial charge < -0.3 is 0 Å². The first-order valence-electron chi connectivity index (χ1n) is 2.73. The standard InChI is InChI=1S/C7H7NO3/c1-6(5-9)3-4-7(2)8(10)11/h3-5H,1-2H2/b4-3-. The second-order valence-electron chi connectivity index (χ2n) is 1.77. The molecular formula is C7H7NO3. The molecule has 4 heteroatoms. The first kappa shape index (κ1) is 9.29. The van der Waals surface area contributed by atoms with Gasteiger partial charge in [0, 0.05) is 11.6 Å². The van der Waals surface area contributed by atoms with Crippen LogP contribution in [0.3, 0.4) is 0 Å². The summed E-state index contributed by atoms with van der Waals surface area (Å²) in [5.41, 5.74) is -0.0963. The molecule has 0 aromatic carbocycles. The maximum atomic E-state index is 9.94. The zero-order valence-corrected chi connectivity index (χ0v) is 5.82. The van der Waals surface area contributed by atoms with Crippen molar-refractivity contribution in [1.82, 2.24) is 0 Å². The largest absolute Gasteiger partial charge is 0.298 e. The minimum absolute atomic E-state index is 0.174. The predicted octanol–water partition coefficient (Wildman–Crippen LogP) is 1.09. The van der Waals surface area contributed by atoms with Crippen molar-refractivity contribution in [3.63, 3.8) is 0 Å². The molecule has 0 aromatic rings. The molecule has 0 heterocycles. The van der Waals surface area contributed by atoms with Crippen LogP contribution >= 0.6 is 0 Å². The van der Waals surface area contributed by atoms with Crippen LogP contribution in [0.5, 0.6) is 0 Å². The maximum absolute atomic E-state index is 9.94. The number of hydrogen-bond donors (Lipinski definition) is 0. The average Bonchev–Trinajstić information content (AvgIpc) is 1.99.